The third kappa shape index (κ3) is 4.55. The lowest BCUT2D eigenvalue weighted by Crippen LogP contribution is -2.26. The molecule has 11 heteroatoms. The van der Waals surface area contributed by atoms with Crippen molar-refractivity contribution in [2.45, 2.75) is 44.9 Å². The van der Waals surface area contributed by atoms with Gasteiger partial charge in [0.15, 0.2) is 4.90 Å². The molecular weight excluding hydrogens is 466 g/mol. The number of benzene rings is 1. The van der Waals surface area contributed by atoms with Crippen molar-refractivity contribution >= 4 is 15.2 Å². The van der Waals surface area contributed by atoms with Crippen LogP contribution >= 0.6 is 15.2 Å². The zero-order valence-electron chi connectivity index (χ0n) is 19.7. The molecular formula is C22H32N2O7P2. The molecule has 182 valence electrons. The fourth-order valence-corrected chi connectivity index (χ4v) is 10.2. The first kappa shape index (κ1) is 26.0. The van der Waals surface area contributed by atoms with Crippen LogP contribution in [0.15, 0.2) is 41.2 Å². The van der Waals surface area contributed by atoms with Crippen LogP contribution in [0.3, 0.4) is 0 Å². The van der Waals surface area contributed by atoms with Crippen LogP contribution in [0.4, 0.5) is 0 Å². The van der Waals surface area contributed by atoms with Gasteiger partial charge >= 0.3 is 15.2 Å². The molecule has 0 amide bonds. The van der Waals surface area contributed by atoms with Gasteiger partial charge in [-0.1, -0.05) is 30.3 Å². The summed E-state index contributed by atoms with van der Waals surface area (Å²) in [4.78, 5) is 16.0. The molecule has 0 radical (unpaired) electrons. The van der Waals surface area contributed by atoms with E-state index in [1.165, 1.54) is 10.6 Å². The summed E-state index contributed by atoms with van der Waals surface area (Å²) in [6, 6.07) is 10.7. The van der Waals surface area contributed by atoms with Gasteiger partial charge < -0.3 is 18.1 Å². The summed E-state index contributed by atoms with van der Waals surface area (Å²) >= 11 is 0. The molecule has 1 atom stereocenters. The second-order valence-corrected chi connectivity index (χ2v) is 12.5. The lowest BCUT2D eigenvalue weighted by atomic mass is 10.1. The number of hydrogen-bond acceptors (Lipinski definition) is 8. The number of nitrogens with zero attached hydrogens (tertiary/aromatic N) is 2. The normalized spacial score (nSPS) is 17.8. The Balaban J connectivity index is 2.23. The molecule has 0 aliphatic heterocycles. The monoisotopic (exact) mass is 498 g/mol. The summed E-state index contributed by atoms with van der Waals surface area (Å²) in [6.07, 6.45) is 0.125. The van der Waals surface area contributed by atoms with Crippen LogP contribution in [0, 0.1) is 0 Å². The van der Waals surface area contributed by atoms with Gasteiger partial charge in [0.2, 0.25) is 0 Å². The van der Waals surface area contributed by atoms with Crippen LogP contribution in [-0.4, -0.2) is 40.9 Å². The van der Waals surface area contributed by atoms with Crippen LogP contribution in [0.5, 0.6) is 0 Å². The maximum Gasteiger partial charge on any atom is 0.349 e. The fraction of sp³-hybridized carbons (Fsp3) is 0.545. The van der Waals surface area contributed by atoms with Crippen LogP contribution in [-0.2, 0) is 34.3 Å². The molecule has 1 aromatic heterocycles. The quantitative estimate of drug-likeness (QED) is 0.370. The Kier molecular flexibility index (Phi) is 8.15. The minimum atomic E-state index is -4.00. The zero-order chi connectivity index (χ0) is 24.3. The average molecular weight is 498 g/mol. The van der Waals surface area contributed by atoms with E-state index < -0.39 is 26.0 Å². The van der Waals surface area contributed by atoms with E-state index in [4.69, 9.17) is 23.1 Å². The minimum absolute atomic E-state index is 0.0837. The molecule has 3 rings (SSSR count). The van der Waals surface area contributed by atoms with Gasteiger partial charge in [-0.2, -0.15) is 0 Å². The average Bonchev–Trinajstić information content (AvgIpc) is 3.55. The van der Waals surface area contributed by atoms with Crippen molar-refractivity contribution in [3.8, 4) is 11.3 Å². The first-order chi connectivity index (χ1) is 15.7. The van der Waals surface area contributed by atoms with E-state index in [2.05, 4.69) is 0 Å². The van der Waals surface area contributed by atoms with E-state index >= 15 is 0 Å². The van der Waals surface area contributed by atoms with Gasteiger partial charge in [0, 0.05) is 24.6 Å². The first-order valence-corrected chi connectivity index (χ1v) is 14.2. The Bertz CT molecular complexity index is 1070. The maximum atomic E-state index is 14.1. The molecule has 1 aliphatic carbocycles. The highest BCUT2D eigenvalue weighted by molar-refractivity contribution is 7.75. The smallest absolute Gasteiger partial charge is 0.308 e. The van der Waals surface area contributed by atoms with Gasteiger partial charge in [-0.15, -0.1) is 0 Å². The highest BCUT2D eigenvalue weighted by Gasteiger charge is 2.80. The molecule has 2 aromatic rings. The summed E-state index contributed by atoms with van der Waals surface area (Å²) in [5.74, 6) is -0.354. The van der Waals surface area contributed by atoms with Gasteiger partial charge in [-0.3, -0.25) is 18.5 Å². The Morgan fingerprint density at radius 1 is 0.939 bits per heavy atom. The summed E-state index contributed by atoms with van der Waals surface area (Å²) < 4.78 is 52.3. The van der Waals surface area contributed by atoms with E-state index in [1.54, 1.807) is 34.7 Å². The van der Waals surface area contributed by atoms with Gasteiger partial charge in [-0.05, 0) is 34.1 Å². The predicted molar refractivity (Wildman–Crippen MR) is 127 cm³/mol. The van der Waals surface area contributed by atoms with Crippen molar-refractivity contribution in [2.75, 3.05) is 26.4 Å². The largest absolute Gasteiger partial charge is 0.349 e. The molecule has 1 saturated carbocycles. The zero-order valence-corrected chi connectivity index (χ0v) is 21.5. The van der Waals surface area contributed by atoms with E-state index in [0.29, 0.717) is 11.5 Å². The molecule has 1 aliphatic rings. The van der Waals surface area contributed by atoms with Crippen LogP contribution < -0.4 is 5.56 Å². The van der Waals surface area contributed by atoms with Crippen molar-refractivity contribution in [1.29, 1.82) is 0 Å². The molecule has 33 heavy (non-hydrogen) atoms. The van der Waals surface area contributed by atoms with Gasteiger partial charge in [0.1, 0.15) is 5.82 Å². The summed E-state index contributed by atoms with van der Waals surface area (Å²) in [7, 11) is -6.42. The Hall–Kier alpha value is -1.60. The van der Waals surface area contributed by atoms with Crippen molar-refractivity contribution in [3.63, 3.8) is 0 Å². The van der Waals surface area contributed by atoms with Gasteiger partial charge in [0.05, 0.1) is 32.1 Å². The lowest BCUT2D eigenvalue weighted by Gasteiger charge is -2.32. The molecule has 0 N–H and O–H groups in total. The van der Waals surface area contributed by atoms with Crippen molar-refractivity contribution in [1.82, 2.24) is 9.55 Å². The molecule has 0 spiro atoms. The summed E-state index contributed by atoms with van der Waals surface area (Å²) in [5, 5.41) is 0. The van der Waals surface area contributed by atoms with Crippen LogP contribution in [0.2, 0.25) is 0 Å². The first-order valence-electron chi connectivity index (χ1n) is 11.1. The standard InChI is InChI=1S/C22H32N2O7P2/c1-6-28-32(26,29-7-2)22(33(27,30-8-3)31-9-4)16-18(22)21-23-19(15-20(25)24(21)5)17-13-11-10-12-14-17/h10-15,18H,6-9,16H2,1-5H3. The van der Waals surface area contributed by atoms with Crippen LogP contribution in [0.1, 0.15) is 45.9 Å². The molecule has 1 fully saturated rings. The van der Waals surface area contributed by atoms with Gasteiger partial charge in [-0.25, -0.2) is 4.98 Å². The van der Waals surface area contributed by atoms with E-state index in [9.17, 15) is 13.9 Å². The fourth-order valence-electron chi connectivity index (χ4n) is 4.12. The predicted octanol–water partition coefficient (Wildman–Crippen LogP) is 5.16. The summed E-state index contributed by atoms with van der Waals surface area (Å²) in [6.45, 7) is 7.09. The van der Waals surface area contributed by atoms with Crippen molar-refractivity contribution in [3.05, 3.63) is 52.6 Å². The maximum absolute atomic E-state index is 14.1. The molecule has 1 heterocycles. The SMILES string of the molecule is CCOP(=O)(OCC)C1(P(=O)(OCC)OCC)CC1c1nc(-c2ccccc2)cc(=O)n1C. The molecule has 9 nitrogen and oxygen atoms in total. The Morgan fingerprint density at radius 2 is 1.42 bits per heavy atom. The third-order valence-electron chi connectivity index (χ3n) is 5.60. The highest BCUT2D eigenvalue weighted by Crippen LogP contribution is 2.91. The second kappa shape index (κ2) is 10.3. The molecule has 0 bridgehead atoms. The van der Waals surface area contributed by atoms with Crippen LogP contribution in [0.25, 0.3) is 11.3 Å². The topological polar surface area (TPSA) is 106 Å². The second-order valence-electron chi connectivity index (χ2n) is 7.56. The molecule has 0 saturated heterocycles. The number of aromatic nitrogens is 2. The summed E-state index contributed by atoms with van der Waals surface area (Å²) in [5.41, 5.74) is 0.947. The lowest BCUT2D eigenvalue weighted by molar-refractivity contribution is 0.191. The van der Waals surface area contributed by atoms with Gasteiger partial charge in [0.25, 0.3) is 5.56 Å². The van der Waals surface area contributed by atoms with E-state index in [1.807, 2.05) is 30.3 Å². The molecule has 1 unspecified atom stereocenters. The highest BCUT2D eigenvalue weighted by atomic mass is 31.2. The van der Waals surface area contributed by atoms with Crippen molar-refractivity contribution < 1.29 is 27.2 Å². The van der Waals surface area contributed by atoms with E-state index in [0.717, 1.165) is 5.56 Å². The van der Waals surface area contributed by atoms with Crippen molar-refractivity contribution in [2.24, 2.45) is 7.05 Å². The third-order valence-corrected chi connectivity index (χ3v) is 12.3. The Morgan fingerprint density at radius 3 is 1.88 bits per heavy atom. The number of rotatable bonds is 12. The Labute approximate surface area is 194 Å². The minimum Gasteiger partial charge on any atom is -0.308 e. The van der Waals surface area contributed by atoms with E-state index in [-0.39, 0.29) is 38.4 Å². The molecule has 1 aromatic carbocycles. The number of hydrogen-bond donors (Lipinski definition) is 0.